The molecule has 120 valence electrons. The van der Waals surface area contributed by atoms with Gasteiger partial charge in [-0.3, -0.25) is 0 Å². The molecule has 20 heavy (non-hydrogen) atoms. The fraction of sp³-hybridized carbons (Fsp3) is 1.00. The number of piperidine rings is 1. The third kappa shape index (κ3) is 4.96. The van der Waals surface area contributed by atoms with Crippen molar-refractivity contribution in [2.45, 2.75) is 26.2 Å². The second-order valence-electron chi connectivity index (χ2n) is 5.76. The average molecular weight is 306 g/mol. The largest absolute Gasteiger partial charge is 0.330 e. The number of nitrogens with two attached hydrogens (primary N) is 1. The molecule has 1 unspecified atom stereocenters. The number of hydrogen-bond donors (Lipinski definition) is 1. The maximum absolute atomic E-state index is 12.7. The van der Waals surface area contributed by atoms with Crippen molar-refractivity contribution in [1.82, 2.24) is 13.5 Å². The zero-order valence-corrected chi connectivity index (χ0v) is 13.9. The minimum absolute atomic E-state index is 0.305. The van der Waals surface area contributed by atoms with Crippen LogP contribution in [0.4, 0.5) is 0 Å². The Balaban J connectivity index is 2.63. The molecule has 1 aliphatic heterocycles. The standard InChI is InChI=1S/C13H30N4O2S/c1-4-16(10-6-8-15(2)3)20(18,19)17-9-5-7-13(11-14)12-17/h13H,4-12,14H2,1-3H3. The van der Waals surface area contributed by atoms with Crippen molar-refractivity contribution in [3.8, 4) is 0 Å². The highest BCUT2D eigenvalue weighted by atomic mass is 32.2. The van der Waals surface area contributed by atoms with Crippen LogP contribution in [0.15, 0.2) is 0 Å². The van der Waals surface area contributed by atoms with Crippen LogP contribution in [0.1, 0.15) is 26.2 Å². The van der Waals surface area contributed by atoms with Gasteiger partial charge in [-0.05, 0) is 52.4 Å². The van der Waals surface area contributed by atoms with Crippen LogP contribution >= 0.6 is 0 Å². The first-order chi connectivity index (χ1) is 9.41. The fourth-order valence-electron chi connectivity index (χ4n) is 2.59. The summed E-state index contributed by atoms with van der Waals surface area (Å²) in [6.45, 7) is 5.68. The van der Waals surface area contributed by atoms with Crippen LogP contribution < -0.4 is 5.73 Å². The summed E-state index contributed by atoms with van der Waals surface area (Å²) in [5.41, 5.74) is 5.69. The van der Waals surface area contributed by atoms with Gasteiger partial charge in [-0.1, -0.05) is 6.92 Å². The highest BCUT2D eigenvalue weighted by Gasteiger charge is 2.32. The first-order valence-electron chi connectivity index (χ1n) is 7.51. The quantitative estimate of drug-likeness (QED) is 0.694. The van der Waals surface area contributed by atoms with Gasteiger partial charge < -0.3 is 10.6 Å². The Kier molecular flexibility index (Phi) is 7.39. The summed E-state index contributed by atoms with van der Waals surface area (Å²) in [5.74, 6) is 0.305. The van der Waals surface area contributed by atoms with Crippen molar-refractivity contribution in [3.63, 3.8) is 0 Å². The van der Waals surface area contributed by atoms with Crippen LogP contribution in [0, 0.1) is 5.92 Å². The van der Waals surface area contributed by atoms with E-state index in [0.29, 0.717) is 38.6 Å². The molecule has 7 heteroatoms. The smallest absolute Gasteiger partial charge is 0.281 e. The van der Waals surface area contributed by atoms with E-state index in [1.165, 1.54) is 0 Å². The van der Waals surface area contributed by atoms with Gasteiger partial charge in [0.15, 0.2) is 0 Å². The molecule has 0 aromatic heterocycles. The summed E-state index contributed by atoms with van der Waals surface area (Å²) in [4.78, 5) is 2.08. The van der Waals surface area contributed by atoms with Gasteiger partial charge in [-0.25, -0.2) is 0 Å². The molecule has 0 aromatic rings. The van der Waals surface area contributed by atoms with Crippen LogP contribution in [0.3, 0.4) is 0 Å². The van der Waals surface area contributed by atoms with Gasteiger partial charge in [0, 0.05) is 26.2 Å². The van der Waals surface area contributed by atoms with E-state index in [0.717, 1.165) is 25.8 Å². The Hall–Kier alpha value is -0.210. The second kappa shape index (κ2) is 8.29. The molecule has 0 aromatic carbocycles. The van der Waals surface area contributed by atoms with Gasteiger partial charge in [0.25, 0.3) is 10.2 Å². The minimum atomic E-state index is -3.32. The molecule has 1 aliphatic rings. The fourth-order valence-corrected chi connectivity index (χ4v) is 4.36. The predicted molar refractivity (Wildman–Crippen MR) is 82.7 cm³/mol. The molecular formula is C13H30N4O2S. The van der Waals surface area contributed by atoms with E-state index in [4.69, 9.17) is 5.73 Å². The van der Waals surface area contributed by atoms with Crippen molar-refractivity contribution in [1.29, 1.82) is 0 Å². The highest BCUT2D eigenvalue weighted by molar-refractivity contribution is 7.86. The van der Waals surface area contributed by atoms with E-state index in [1.54, 1.807) is 8.61 Å². The molecule has 0 spiro atoms. The van der Waals surface area contributed by atoms with Gasteiger partial charge in [0.05, 0.1) is 0 Å². The van der Waals surface area contributed by atoms with E-state index in [9.17, 15) is 8.42 Å². The maximum atomic E-state index is 12.7. The monoisotopic (exact) mass is 306 g/mol. The maximum Gasteiger partial charge on any atom is 0.281 e. The van der Waals surface area contributed by atoms with Gasteiger partial charge in [-0.15, -0.1) is 0 Å². The normalized spacial score (nSPS) is 21.8. The molecule has 0 aliphatic carbocycles. The zero-order chi connectivity index (χ0) is 15.2. The van der Waals surface area contributed by atoms with Crippen molar-refractivity contribution in [2.75, 3.05) is 53.4 Å². The van der Waals surface area contributed by atoms with Crippen LogP contribution in [0.25, 0.3) is 0 Å². The van der Waals surface area contributed by atoms with E-state index in [2.05, 4.69) is 4.90 Å². The number of hydrogen-bond acceptors (Lipinski definition) is 4. The van der Waals surface area contributed by atoms with Gasteiger partial charge >= 0.3 is 0 Å². The van der Waals surface area contributed by atoms with Gasteiger partial charge in [-0.2, -0.15) is 17.0 Å². The molecule has 2 N–H and O–H groups in total. The Morgan fingerprint density at radius 1 is 1.30 bits per heavy atom. The third-order valence-electron chi connectivity index (χ3n) is 3.83. The SMILES string of the molecule is CCN(CCCN(C)C)S(=O)(=O)N1CCCC(CN)C1. The Morgan fingerprint density at radius 3 is 2.55 bits per heavy atom. The van der Waals surface area contributed by atoms with Crippen LogP contribution in [-0.2, 0) is 10.2 Å². The topological polar surface area (TPSA) is 69.9 Å². The van der Waals surface area contributed by atoms with Gasteiger partial charge in [0.1, 0.15) is 0 Å². The van der Waals surface area contributed by atoms with Crippen molar-refractivity contribution in [2.24, 2.45) is 11.7 Å². The molecule has 1 rings (SSSR count). The van der Waals surface area contributed by atoms with Crippen LogP contribution in [0.5, 0.6) is 0 Å². The summed E-state index contributed by atoms with van der Waals surface area (Å²) in [6, 6.07) is 0. The lowest BCUT2D eigenvalue weighted by Gasteiger charge is -2.35. The summed E-state index contributed by atoms with van der Waals surface area (Å²) in [7, 11) is 0.680. The first-order valence-corrected chi connectivity index (χ1v) is 8.91. The van der Waals surface area contributed by atoms with E-state index in [-0.39, 0.29) is 0 Å². The molecule has 0 radical (unpaired) electrons. The zero-order valence-electron chi connectivity index (χ0n) is 13.1. The average Bonchev–Trinajstić information content (AvgIpc) is 2.43. The molecule has 1 fully saturated rings. The molecule has 0 saturated carbocycles. The lowest BCUT2D eigenvalue weighted by atomic mass is 10.0. The predicted octanol–water partition coefficient (Wildman–Crippen LogP) is 0.176. The van der Waals surface area contributed by atoms with Gasteiger partial charge in [0.2, 0.25) is 0 Å². The molecule has 1 atom stereocenters. The van der Waals surface area contributed by atoms with Crippen molar-refractivity contribution in [3.05, 3.63) is 0 Å². The summed E-state index contributed by atoms with van der Waals surface area (Å²) < 4.78 is 28.5. The highest BCUT2D eigenvalue weighted by Crippen LogP contribution is 2.20. The van der Waals surface area contributed by atoms with Crippen LogP contribution in [0.2, 0.25) is 0 Å². The summed E-state index contributed by atoms with van der Waals surface area (Å²) in [5, 5.41) is 0. The van der Waals surface area contributed by atoms with E-state index in [1.807, 2.05) is 21.0 Å². The van der Waals surface area contributed by atoms with E-state index >= 15 is 0 Å². The first kappa shape index (κ1) is 17.8. The Labute approximate surface area is 124 Å². The minimum Gasteiger partial charge on any atom is -0.330 e. The molecule has 1 heterocycles. The molecule has 0 bridgehead atoms. The molecular weight excluding hydrogens is 276 g/mol. The lowest BCUT2D eigenvalue weighted by molar-refractivity contribution is 0.249. The molecule has 6 nitrogen and oxygen atoms in total. The summed E-state index contributed by atoms with van der Waals surface area (Å²) >= 11 is 0. The third-order valence-corrected chi connectivity index (χ3v) is 5.91. The number of rotatable bonds is 8. The van der Waals surface area contributed by atoms with E-state index < -0.39 is 10.2 Å². The second-order valence-corrected chi connectivity index (χ2v) is 7.69. The molecule has 0 amide bonds. The Bertz CT molecular complexity index is 373. The Morgan fingerprint density at radius 2 is 2.00 bits per heavy atom. The lowest BCUT2D eigenvalue weighted by Crippen LogP contribution is -2.49. The van der Waals surface area contributed by atoms with Crippen LogP contribution in [-0.4, -0.2) is 75.3 Å². The summed E-state index contributed by atoms with van der Waals surface area (Å²) in [6.07, 6.45) is 2.81. The van der Waals surface area contributed by atoms with Crippen molar-refractivity contribution >= 4 is 10.2 Å². The van der Waals surface area contributed by atoms with Crippen molar-refractivity contribution < 1.29 is 8.42 Å². The number of nitrogens with zero attached hydrogens (tertiary/aromatic N) is 3. The molecule has 1 saturated heterocycles.